The van der Waals surface area contributed by atoms with Crippen molar-refractivity contribution in [2.75, 3.05) is 31.1 Å². The summed E-state index contributed by atoms with van der Waals surface area (Å²) >= 11 is 0. The zero-order valence-corrected chi connectivity index (χ0v) is 16.9. The molecule has 3 aromatic rings. The molecule has 0 atom stereocenters. The molecule has 0 spiro atoms. The van der Waals surface area contributed by atoms with Crippen molar-refractivity contribution in [2.45, 2.75) is 0 Å². The van der Waals surface area contributed by atoms with Crippen molar-refractivity contribution in [3.05, 3.63) is 70.8 Å². The van der Waals surface area contributed by atoms with Gasteiger partial charge in [-0.15, -0.1) is 0 Å². The van der Waals surface area contributed by atoms with E-state index >= 15 is 0 Å². The Morgan fingerprint density at radius 3 is 2.38 bits per heavy atom. The molecule has 32 heavy (non-hydrogen) atoms. The maximum absolute atomic E-state index is 12.1. The van der Waals surface area contributed by atoms with Gasteiger partial charge in [0, 0.05) is 61.4 Å². The van der Waals surface area contributed by atoms with Gasteiger partial charge in [-0.25, -0.2) is 14.8 Å². The molecule has 1 amide bonds. The number of nitro benzene ring substituents is 1. The summed E-state index contributed by atoms with van der Waals surface area (Å²) < 4.78 is 0. The van der Waals surface area contributed by atoms with E-state index in [-0.39, 0.29) is 11.6 Å². The predicted molar refractivity (Wildman–Crippen MR) is 117 cm³/mol. The number of carboxylic acids is 1. The number of fused-ring (bicyclic) bond motifs is 1. The fraction of sp³-hybridized carbons (Fsp3) is 0.182. The fourth-order valence-corrected chi connectivity index (χ4v) is 3.55. The third-order valence-corrected chi connectivity index (χ3v) is 5.17. The molecule has 162 valence electrons. The summed E-state index contributed by atoms with van der Waals surface area (Å²) in [5, 5.41) is 20.5. The molecule has 1 aliphatic rings. The van der Waals surface area contributed by atoms with Crippen molar-refractivity contribution >= 4 is 34.4 Å². The lowest BCUT2D eigenvalue weighted by Crippen LogP contribution is -2.48. The average molecular weight is 433 g/mol. The minimum Gasteiger partial charge on any atom is -0.478 e. The van der Waals surface area contributed by atoms with Gasteiger partial charge in [0.1, 0.15) is 0 Å². The summed E-state index contributed by atoms with van der Waals surface area (Å²) in [6.45, 7) is 1.73. The Bertz CT molecular complexity index is 1220. The number of carbonyl (C=O) groups excluding carboxylic acids is 1. The normalized spacial score (nSPS) is 14.1. The smallest absolute Gasteiger partial charge is 0.328 e. The Kier molecular flexibility index (Phi) is 5.75. The number of nitro groups is 1. The average Bonchev–Trinajstić information content (AvgIpc) is 2.82. The summed E-state index contributed by atoms with van der Waals surface area (Å²) in [6, 6.07) is 13.9. The van der Waals surface area contributed by atoms with Gasteiger partial charge in [-0.1, -0.05) is 30.3 Å². The summed E-state index contributed by atoms with van der Waals surface area (Å²) in [7, 11) is 0. The molecule has 0 unspecified atom stereocenters. The van der Waals surface area contributed by atoms with Crippen LogP contribution in [0, 0.1) is 10.1 Å². The minimum atomic E-state index is -1.17. The first-order valence-electron chi connectivity index (χ1n) is 9.89. The highest BCUT2D eigenvalue weighted by molar-refractivity contribution is 5.95. The number of aromatic nitrogens is 2. The van der Waals surface area contributed by atoms with Crippen LogP contribution in [0.2, 0.25) is 0 Å². The number of piperazine rings is 1. The first-order valence-corrected chi connectivity index (χ1v) is 9.89. The molecule has 2 heterocycles. The molecule has 1 saturated heterocycles. The molecule has 1 N–H and O–H groups in total. The van der Waals surface area contributed by atoms with Crippen molar-refractivity contribution in [1.82, 2.24) is 14.9 Å². The number of carbonyl (C=O) groups is 2. The van der Waals surface area contributed by atoms with Crippen LogP contribution in [0.3, 0.4) is 0 Å². The molecule has 10 heteroatoms. The van der Waals surface area contributed by atoms with Gasteiger partial charge in [0.15, 0.2) is 0 Å². The number of amides is 1. The Morgan fingerprint density at radius 1 is 1.00 bits per heavy atom. The van der Waals surface area contributed by atoms with Crippen LogP contribution >= 0.6 is 0 Å². The number of nitrogens with zero attached hydrogens (tertiary/aromatic N) is 5. The van der Waals surface area contributed by atoms with Gasteiger partial charge < -0.3 is 14.9 Å². The standard InChI is InChI=1S/C22H19N5O5/c28-19(8-9-20(29)30)25-10-12-26(13-11-25)22-23-18-7-6-16(27(31)32)14-17(18)21(24-22)15-4-2-1-3-5-15/h1-9,14H,10-13H2,(H,29,30). The predicted octanol–water partition coefficient (Wildman–Crippen LogP) is 2.49. The topological polar surface area (TPSA) is 130 Å². The second-order valence-corrected chi connectivity index (χ2v) is 7.18. The van der Waals surface area contributed by atoms with Crippen LogP contribution in [0.15, 0.2) is 60.7 Å². The fourth-order valence-electron chi connectivity index (χ4n) is 3.55. The van der Waals surface area contributed by atoms with E-state index < -0.39 is 10.9 Å². The van der Waals surface area contributed by atoms with E-state index in [0.29, 0.717) is 48.7 Å². The molecule has 0 aliphatic carbocycles. The Morgan fingerprint density at radius 2 is 1.72 bits per heavy atom. The number of aliphatic carboxylic acids is 1. The SMILES string of the molecule is O=C(O)C=CC(=O)N1CCN(c2nc(-c3ccccc3)c3cc([N+](=O)[O-])ccc3n2)CC1. The van der Waals surface area contributed by atoms with Gasteiger partial charge >= 0.3 is 5.97 Å². The van der Waals surface area contributed by atoms with Crippen LogP contribution < -0.4 is 4.90 Å². The Labute approximate surface area is 182 Å². The van der Waals surface area contributed by atoms with Crippen molar-refractivity contribution in [2.24, 2.45) is 0 Å². The van der Waals surface area contributed by atoms with Gasteiger partial charge in [-0.3, -0.25) is 14.9 Å². The van der Waals surface area contributed by atoms with E-state index in [9.17, 15) is 19.7 Å². The maximum Gasteiger partial charge on any atom is 0.328 e. The van der Waals surface area contributed by atoms with Crippen molar-refractivity contribution in [1.29, 1.82) is 0 Å². The monoisotopic (exact) mass is 433 g/mol. The van der Waals surface area contributed by atoms with Crippen LogP contribution in [0.25, 0.3) is 22.2 Å². The summed E-state index contributed by atoms with van der Waals surface area (Å²) in [6.07, 6.45) is 1.87. The molecular weight excluding hydrogens is 414 g/mol. The van der Waals surface area contributed by atoms with Crippen molar-refractivity contribution < 1.29 is 19.6 Å². The molecule has 0 bridgehead atoms. The molecule has 1 aromatic heterocycles. The lowest BCUT2D eigenvalue weighted by molar-refractivity contribution is -0.384. The van der Waals surface area contributed by atoms with Crippen LogP contribution in [0.5, 0.6) is 0 Å². The van der Waals surface area contributed by atoms with E-state index in [0.717, 1.165) is 17.7 Å². The number of non-ortho nitro benzene ring substituents is 1. The first-order chi connectivity index (χ1) is 15.4. The van der Waals surface area contributed by atoms with E-state index in [2.05, 4.69) is 4.98 Å². The molecule has 4 rings (SSSR count). The van der Waals surface area contributed by atoms with Crippen molar-refractivity contribution in [3.8, 4) is 11.3 Å². The van der Waals surface area contributed by atoms with Crippen molar-refractivity contribution in [3.63, 3.8) is 0 Å². The number of anilines is 1. The maximum atomic E-state index is 12.1. The van der Waals surface area contributed by atoms with Crippen LogP contribution in [0.4, 0.5) is 11.6 Å². The van der Waals surface area contributed by atoms with E-state index in [1.807, 2.05) is 35.2 Å². The van der Waals surface area contributed by atoms with Gasteiger partial charge in [-0.2, -0.15) is 0 Å². The number of hydrogen-bond donors (Lipinski definition) is 1. The molecule has 1 aliphatic heterocycles. The minimum absolute atomic E-state index is 0.0347. The molecule has 10 nitrogen and oxygen atoms in total. The number of hydrogen-bond acceptors (Lipinski definition) is 7. The Balaban J connectivity index is 1.66. The molecule has 0 saturated carbocycles. The van der Waals surface area contributed by atoms with Crippen LogP contribution in [-0.2, 0) is 9.59 Å². The molecular formula is C22H19N5O5. The summed E-state index contributed by atoms with van der Waals surface area (Å²) in [5.74, 6) is -1.06. The number of rotatable bonds is 5. The second-order valence-electron chi connectivity index (χ2n) is 7.18. The van der Waals surface area contributed by atoms with Gasteiger partial charge in [-0.05, 0) is 6.07 Å². The highest BCUT2D eigenvalue weighted by atomic mass is 16.6. The second kappa shape index (κ2) is 8.80. The third-order valence-electron chi connectivity index (χ3n) is 5.17. The van der Waals surface area contributed by atoms with Gasteiger partial charge in [0.25, 0.3) is 5.69 Å². The quantitative estimate of drug-likeness (QED) is 0.369. The van der Waals surface area contributed by atoms with Gasteiger partial charge in [0.05, 0.1) is 16.1 Å². The van der Waals surface area contributed by atoms with E-state index in [4.69, 9.17) is 10.1 Å². The molecule has 2 aromatic carbocycles. The van der Waals surface area contributed by atoms with E-state index in [1.165, 1.54) is 12.1 Å². The first kappa shape index (κ1) is 20.9. The summed E-state index contributed by atoms with van der Waals surface area (Å²) in [5.41, 5.74) is 1.96. The lowest BCUT2D eigenvalue weighted by atomic mass is 10.1. The zero-order chi connectivity index (χ0) is 22.7. The van der Waals surface area contributed by atoms with Crippen LogP contribution in [0.1, 0.15) is 0 Å². The van der Waals surface area contributed by atoms with E-state index in [1.54, 1.807) is 11.0 Å². The molecule has 1 fully saturated rings. The van der Waals surface area contributed by atoms with Gasteiger partial charge in [0.2, 0.25) is 11.9 Å². The highest BCUT2D eigenvalue weighted by Crippen LogP contribution is 2.31. The third kappa shape index (κ3) is 4.38. The summed E-state index contributed by atoms with van der Waals surface area (Å²) in [4.78, 5) is 46.4. The molecule has 0 radical (unpaired) electrons. The highest BCUT2D eigenvalue weighted by Gasteiger charge is 2.23. The lowest BCUT2D eigenvalue weighted by Gasteiger charge is -2.34. The van der Waals surface area contributed by atoms with Crippen LogP contribution in [-0.4, -0.2) is 63.0 Å². The number of carboxylic acid groups (broad SMARTS) is 1. The Hall–Kier alpha value is -4.34. The largest absolute Gasteiger partial charge is 0.478 e. The zero-order valence-electron chi connectivity index (χ0n) is 16.9. The number of benzene rings is 2.